The van der Waals surface area contributed by atoms with Gasteiger partial charge in [-0.3, -0.25) is 4.79 Å². The molecule has 0 saturated carbocycles. The van der Waals surface area contributed by atoms with Crippen LogP contribution in [0.25, 0.3) is 15.3 Å². The van der Waals surface area contributed by atoms with E-state index in [4.69, 9.17) is 19.6 Å². The molecule has 0 fully saturated rings. The van der Waals surface area contributed by atoms with Gasteiger partial charge in [-0.2, -0.15) is 9.78 Å². The third-order valence-corrected chi connectivity index (χ3v) is 6.52. The van der Waals surface area contributed by atoms with E-state index in [-0.39, 0.29) is 17.9 Å². The van der Waals surface area contributed by atoms with Crippen molar-refractivity contribution in [3.63, 3.8) is 0 Å². The van der Waals surface area contributed by atoms with Crippen LogP contribution in [0.1, 0.15) is 43.0 Å². The van der Waals surface area contributed by atoms with Gasteiger partial charge in [-0.1, -0.05) is 29.5 Å². The van der Waals surface area contributed by atoms with Crippen LogP contribution in [0.15, 0.2) is 42.5 Å². The van der Waals surface area contributed by atoms with E-state index in [1.807, 2.05) is 63.2 Å². The van der Waals surface area contributed by atoms with E-state index in [1.165, 1.54) is 11.3 Å². The summed E-state index contributed by atoms with van der Waals surface area (Å²) in [7, 11) is 1.65. The summed E-state index contributed by atoms with van der Waals surface area (Å²) < 4.78 is 14.1. The Labute approximate surface area is 190 Å². The number of nitrogens with one attached hydrogen (secondary N) is 1. The Hall–Kier alpha value is -3.39. The van der Waals surface area contributed by atoms with Gasteiger partial charge in [0.05, 0.1) is 29.1 Å². The summed E-state index contributed by atoms with van der Waals surface area (Å²) >= 11 is 1.51. The molecule has 164 valence electrons. The van der Waals surface area contributed by atoms with Gasteiger partial charge >= 0.3 is 0 Å². The summed E-state index contributed by atoms with van der Waals surface area (Å²) in [5.41, 5.74) is 3.72. The second-order valence-electron chi connectivity index (χ2n) is 8.10. The fourth-order valence-electron chi connectivity index (χ4n) is 4.19. The molecule has 0 radical (unpaired) electrons. The molecule has 0 bridgehead atoms. The molecule has 0 unspecified atom stereocenters. The number of nitrogens with zero attached hydrogens (tertiary/aromatic N) is 3. The Morgan fingerprint density at radius 2 is 2.03 bits per heavy atom. The number of amides is 1. The molecule has 2 aromatic heterocycles. The van der Waals surface area contributed by atoms with Crippen molar-refractivity contribution in [1.29, 1.82) is 0 Å². The minimum absolute atomic E-state index is 0.0385. The average molecular weight is 449 g/mol. The molecule has 2 aromatic carbocycles. The molecule has 4 aromatic rings. The third kappa shape index (κ3) is 3.50. The molecule has 5 rings (SSSR count). The van der Waals surface area contributed by atoms with Crippen molar-refractivity contribution in [3.05, 3.63) is 59.3 Å². The number of ether oxygens (including phenoxy) is 2. The number of carbonyl (C=O) groups excluding carboxylic acids is 1. The van der Waals surface area contributed by atoms with Crippen LogP contribution in [0.5, 0.6) is 11.5 Å². The van der Waals surface area contributed by atoms with Crippen LogP contribution in [0, 0.1) is 6.92 Å². The Morgan fingerprint density at radius 1 is 1.22 bits per heavy atom. The Bertz CT molecular complexity index is 1320. The standard InChI is InChI=1S/C24H24N4O3S/c1-13(2)31-19-8-6-5-7-16(19)17-12-21(29)26-23-22(17)14(3)27-28(23)24-25-18-10-9-15(30-4)11-20(18)32-24/h5-11,13,17H,12H2,1-4H3,(H,26,29)/t17-/m0/s1. The highest BCUT2D eigenvalue weighted by Crippen LogP contribution is 2.44. The minimum atomic E-state index is -0.142. The summed E-state index contributed by atoms with van der Waals surface area (Å²) in [5.74, 6) is 2.06. The van der Waals surface area contributed by atoms with Crippen LogP contribution in [-0.4, -0.2) is 33.9 Å². The average Bonchev–Trinajstić information content (AvgIpc) is 3.33. The van der Waals surface area contributed by atoms with Crippen molar-refractivity contribution in [3.8, 4) is 16.6 Å². The molecule has 0 saturated heterocycles. The zero-order chi connectivity index (χ0) is 22.4. The predicted molar refractivity (Wildman–Crippen MR) is 125 cm³/mol. The van der Waals surface area contributed by atoms with Crippen LogP contribution < -0.4 is 14.8 Å². The second kappa shape index (κ2) is 7.94. The topological polar surface area (TPSA) is 78.3 Å². The SMILES string of the molecule is COc1ccc2nc(-n3nc(C)c4c3NC(=O)C[C@H]4c3ccccc3OC(C)C)sc2c1. The van der Waals surface area contributed by atoms with Gasteiger partial charge < -0.3 is 14.8 Å². The van der Waals surface area contributed by atoms with Crippen molar-refractivity contribution in [2.24, 2.45) is 0 Å². The lowest BCUT2D eigenvalue weighted by molar-refractivity contribution is -0.116. The third-order valence-electron chi connectivity index (χ3n) is 5.53. The number of rotatable bonds is 5. The number of anilines is 1. The first-order chi connectivity index (χ1) is 15.4. The first-order valence-corrected chi connectivity index (χ1v) is 11.4. The normalized spacial score (nSPS) is 15.7. The first kappa shape index (κ1) is 20.5. The van der Waals surface area contributed by atoms with E-state index < -0.39 is 0 Å². The van der Waals surface area contributed by atoms with E-state index >= 15 is 0 Å². The molecule has 1 amide bonds. The second-order valence-corrected chi connectivity index (χ2v) is 9.11. The number of aryl methyl sites for hydroxylation is 1. The van der Waals surface area contributed by atoms with Crippen molar-refractivity contribution < 1.29 is 14.3 Å². The molecular formula is C24H24N4O3S. The number of para-hydroxylation sites is 1. The molecular weight excluding hydrogens is 424 g/mol. The van der Waals surface area contributed by atoms with Crippen LogP contribution in [0.3, 0.4) is 0 Å². The molecule has 7 nitrogen and oxygen atoms in total. The summed E-state index contributed by atoms with van der Waals surface area (Å²) in [4.78, 5) is 17.5. The van der Waals surface area contributed by atoms with E-state index in [2.05, 4.69) is 5.32 Å². The maximum atomic E-state index is 12.8. The fourth-order valence-corrected chi connectivity index (χ4v) is 5.14. The Morgan fingerprint density at radius 3 is 2.81 bits per heavy atom. The number of hydrogen-bond acceptors (Lipinski definition) is 6. The van der Waals surface area contributed by atoms with Crippen LogP contribution in [0.2, 0.25) is 0 Å². The molecule has 1 N–H and O–H groups in total. The smallest absolute Gasteiger partial charge is 0.226 e. The maximum Gasteiger partial charge on any atom is 0.226 e. The number of benzene rings is 2. The zero-order valence-electron chi connectivity index (χ0n) is 18.4. The highest BCUT2D eigenvalue weighted by molar-refractivity contribution is 7.20. The number of aromatic nitrogens is 3. The highest BCUT2D eigenvalue weighted by atomic mass is 32.1. The Balaban J connectivity index is 1.64. The van der Waals surface area contributed by atoms with Crippen molar-refractivity contribution >= 4 is 33.3 Å². The summed E-state index contributed by atoms with van der Waals surface area (Å²) in [6.07, 6.45) is 0.381. The van der Waals surface area contributed by atoms with Crippen molar-refractivity contribution in [2.75, 3.05) is 12.4 Å². The predicted octanol–water partition coefficient (Wildman–Crippen LogP) is 5.06. The van der Waals surface area contributed by atoms with Gasteiger partial charge in [-0.25, -0.2) is 4.98 Å². The lowest BCUT2D eigenvalue weighted by Gasteiger charge is -2.26. The van der Waals surface area contributed by atoms with E-state index in [9.17, 15) is 4.79 Å². The number of carbonyl (C=O) groups is 1. The van der Waals surface area contributed by atoms with E-state index in [1.54, 1.807) is 11.8 Å². The van der Waals surface area contributed by atoms with Gasteiger partial charge in [-0.15, -0.1) is 0 Å². The van der Waals surface area contributed by atoms with Gasteiger partial charge in [-0.05, 0) is 45.0 Å². The number of hydrogen-bond donors (Lipinski definition) is 1. The van der Waals surface area contributed by atoms with Crippen LogP contribution in [0.4, 0.5) is 5.82 Å². The molecule has 1 aliphatic heterocycles. The number of thiazole rings is 1. The summed E-state index contributed by atoms with van der Waals surface area (Å²) in [6, 6.07) is 13.7. The van der Waals surface area contributed by atoms with Crippen LogP contribution in [-0.2, 0) is 4.79 Å². The maximum absolute atomic E-state index is 12.8. The van der Waals surface area contributed by atoms with Crippen molar-refractivity contribution in [1.82, 2.24) is 14.8 Å². The number of fused-ring (bicyclic) bond motifs is 2. The molecule has 32 heavy (non-hydrogen) atoms. The van der Waals surface area contributed by atoms with Gasteiger partial charge in [0.1, 0.15) is 17.3 Å². The molecule has 0 spiro atoms. The summed E-state index contributed by atoms with van der Waals surface area (Å²) in [5, 5.41) is 8.52. The quantitative estimate of drug-likeness (QED) is 0.462. The summed E-state index contributed by atoms with van der Waals surface area (Å²) in [6.45, 7) is 5.98. The minimum Gasteiger partial charge on any atom is -0.497 e. The molecule has 8 heteroatoms. The van der Waals surface area contributed by atoms with Gasteiger partial charge in [0.25, 0.3) is 0 Å². The highest BCUT2D eigenvalue weighted by Gasteiger charge is 2.34. The largest absolute Gasteiger partial charge is 0.497 e. The zero-order valence-corrected chi connectivity index (χ0v) is 19.2. The van der Waals surface area contributed by atoms with E-state index in [0.29, 0.717) is 17.4 Å². The molecule has 0 aliphatic carbocycles. The van der Waals surface area contributed by atoms with Gasteiger partial charge in [0, 0.05) is 23.5 Å². The van der Waals surface area contributed by atoms with Gasteiger partial charge in [0.2, 0.25) is 11.0 Å². The van der Waals surface area contributed by atoms with Crippen LogP contribution >= 0.6 is 11.3 Å². The lowest BCUT2D eigenvalue weighted by Crippen LogP contribution is -2.25. The van der Waals surface area contributed by atoms with Crippen molar-refractivity contribution in [2.45, 2.75) is 39.2 Å². The molecule has 1 atom stereocenters. The first-order valence-electron chi connectivity index (χ1n) is 10.5. The monoisotopic (exact) mass is 448 g/mol. The molecule has 1 aliphatic rings. The Kier molecular flexibility index (Phi) is 5.09. The number of methoxy groups -OCH3 is 1. The fraction of sp³-hybridized carbons (Fsp3) is 0.292. The van der Waals surface area contributed by atoms with Gasteiger partial charge in [0.15, 0.2) is 0 Å². The molecule has 3 heterocycles. The lowest BCUT2D eigenvalue weighted by atomic mass is 9.85. The van der Waals surface area contributed by atoms with E-state index in [0.717, 1.165) is 38.5 Å².